The molecule has 2 aliphatic heterocycles. The zero-order chi connectivity index (χ0) is 82.4. The lowest BCUT2D eigenvalue weighted by Crippen LogP contribution is -2.24. The highest BCUT2D eigenvalue weighted by molar-refractivity contribution is 14.1. The fourth-order valence-electron chi connectivity index (χ4n) is 13.0. The van der Waals surface area contributed by atoms with Gasteiger partial charge in [0.1, 0.15) is 59.1 Å². The third-order valence-corrected chi connectivity index (χ3v) is 24.0. The number of aromatic hydroxyl groups is 1. The molecule has 2 saturated heterocycles. The van der Waals surface area contributed by atoms with Crippen molar-refractivity contribution in [2.45, 2.75) is 131 Å². The molecule has 5 aromatic heterocycles. The lowest BCUT2D eigenvalue weighted by atomic mass is 10.1. The predicted molar refractivity (Wildman–Crippen MR) is 481 cm³/mol. The van der Waals surface area contributed by atoms with Gasteiger partial charge in [-0.05, 0) is 205 Å². The van der Waals surface area contributed by atoms with Gasteiger partial charge in [0, 0.05) is 137 Å². The fraction of sp³-hybridized carbons (Fsp3) is 0.306. The Morgan fingerprint density at radius 3 is 1.22 bits per heavy atom. The van der Waals surface area contributed by atoms with Crippen LogP contribution in [-0.4, -0.2) is 97.2 Å². The Morgan fingerprint density at radius 1 is 0.509 bits per heavy atom. The molecule has 114 heavy (non-hydrogen) atoms. The molecule has 12 aromatic rings. The zero-order valence-electron chi connectivity index (χ0n) is 64.4. The summed E-state index contributed by atoms with van der Waals surface area (Å²) in [6.07, 6.45) is 16.7. The van der Waals surface area contributed by atoms with E-state index in [1.54, 1.807) is 25.3 Å². The van der Waals surface area contributed by atoms with Crippen molar-refractivity contribution in [3.8, 4) is 70.4 Å². The van der Waals surface area contributed by atoms with Crippen LogP contribution in [0.2, 0.25) is 0 Å². The third kappa shape index (κ3) is 22.4. The van der Waals surface area contributed by atoms with E-state index in [0.717, 1.165) is 173 Å². The maximum absolute atomic E-state index is 12.2. The van der Waals surface area contributed by atoms with E-state index in [2.05, 4.69) is 164 Å². The SMILES string of the molecule is BrB(Br)Br.C=COc1ccc2c(C#N)cn(CC)c2c1.CCCBr.CCn1c(-c2ccc(N3CCCS3(=O)=O)cc2)c(C#N)c2ccc(OC3CC3)cc21.CCn1cc(C#N)c2ccc(O)cc21.CCn1cc(C#N)c2ccc(OC)cc21.CCn1cc(C#N)c2ccc(OC3CC3)cc21.O=S1(=O)CCCN1c1ccc(I)cc1. The van der Waals surface area contributed by atoms with Crippen LogP contribution in [0.3, 0.4) is 0 Å². The van der Waals surface area contributed by atoms with E-state index in [1.807, 2.05) is 169 Å². The van der Waals surface area contributed by atoms with E-state index in [0.29, 0.717) is 60.6 Å². The normalized spacial score (nSPS) is 13.9. The van der Waals surface area contributed by atoms with Gasteiger partial charge in [0.25, 0.3) is 0 Å². The van der Waals surface area contributed by atoms with Crippen molar-refractivity contribution in [1.29, 1.82) is 26.3 Å². The van der Waals surface area contributed by atoms with Crippen LogP contribution in [0.4, 0.5) is 11.4 Å². The molecule has 7 aromatic carbocycles. The summed E-state index contributed by atoms with van der Waals surface area (Å²) in [5.74, 6) is 4.01. The molecule has 0 amide bonds. The lowest BCUT2D eigenvalue weighted by Gasteiger charge is -2.17. The maximum Gasteiger partial charge on any atom is 0.369 e. The van der Waals surface area contributed by atoms with E-state index in [4.69, 9.17) is 40.0 Å². The van der Waals surface area contributed by atoms with E-state index in [-0.39, 0.29) is 20.4 Å². The minimum Gasteiger partial charge on any atom is -0.508 e. The number of hydrogen-bond donors (Lipinski definition) is 1. The van der Waals surface area contributed by atoms with Crippen molar-refractivity contribution in [3.63, 3.8) is 0 Å². The van der Waals surface area contributed by atoms with Crippen molar-refractivity contribution in [2.24, 2.45) is 0 Å². The molecule has 2 aliphatic carbocycles. The number of anilines is 2. The van der Waals surface area contributed by atoms with Gasteiger partial charge in [-0.1, -0.05) is 41.6 Å². The van der Waals surface area contributed by atoms with Crippen LogP contribution >= 0.6 is 85.8 Å². The fourth-order valence-corrected chi connectivity index (χ4v) is 16.5. The number of rotatable bonds is 16. The summed E-state index contributed by atoms with van der Waals surface area (Å²) in [5.41, 5.74) is 11.7. The topological polar surface area (TPSA) is 276 Å². The molecule has 0 radical (unpaired) electrons. The van der Waals surface area contributed by atoms with Gasteiger partial charge in [0.2, 0.25) is 20.0 Å². The molecule has 0 bridgehead atoms. The summed E-state index contributed by atoms with van der Waals surface area (Å²) in [7, 11) is -4.59. The smallest absolute Gasteiger partial charge is 0.369 e. The molecule has 7 heterocycles. The Kier molecular flexibility index (Phi) is 32.5. The first kappa shape index (κ1) is 88.6. The van der Waals surface area contributed by atoms with Gasteiger partial charge < -0.3 is 46.9 Å². The molecule has 29 heteroatoms. The molecule has 16 rings (SSSR count). The van der Waals surface area contributed by atoms with Crippen LogP contribution in [-0.2, 0) is 52.8 Å². The standard InChI is InChI=1S/C23H23N3O3S.C14H14N2O.C13H12N2O.C12H12N2O.C11H10N2O.C9H10INO2S.C3H7Br.BBr3/c1-2-25-22-14-19(29-18-8-9-18)10-11-20(22)21(15-24)23(25)16-4-6-17(7-5-16)26-12-3-13-30(26,27)28;1-2-16-9-10(8-15)13-6-5-12(7-14(13)16)17-11-3-4-11;1-3-15-9-10(8-14)12-6-5-11(16-4-2)7-13(12)15;1-3-14-8-9(7-13)11-5-4-10(15-2)6-12(11)14;1-2-13-7-8(6-12)10-4-3-9(14)5-11(10)13;10-8-2-4-9(5-3-8)11-6-1-7-14(11,12)13;1-2-3-4;2-1(3)4/h4-7,10-11,14,18H,2-3,8-9,12-13H2,1H3;5-7,9,11H,2-4H2,1H3;4-7,9H,2-3H2,1H3;4-6,8H,3H2,1-2H3;3-5,7,14H,2H2,1H3;2-5H,1,6-7H2;2-3H2,1H3;. The van der Waals surface area contributed by atoms with Crippen molar-refractivity contribution in [2.75, 3.05) is 45.6 Å². The van der Waals surface area contributed by atoms with Gasteiger partial charge in [0.05, 0.1) is 110 Å². The number of nitrogens with zero attached hydrogens (tertiary/aromatic N) is 12. The molecular formula is C85H88BBr4IN12O9S2. The highest BCUT2D eigenvalue weighted by Crippen LogP contribution is 2.39. The molecule has 0 atom stereocenters. The van der Waals surface area contributed by atoms with Gasteiger partial charge in [-0.25, -0.2) is 16.8 Å². The minimum atomic E-state index is -3.21. The molecule has 21 nitrogen and oxygen atoms in total. The Balaban J connectivity index is 0.000000157. The van der Waals surface area contributed by atoms with Crippen molar-refractivity contribution >= 4 is 175 Å². The summed E-state index contributed by atoms with van der Waals surface area (Å²) in [5, 5.41) is 61.1. The average molecular weight is 1940 g/mol. The first-order chi connectivity index (χ1) is 54.9. The monoisotopic (exact) mass is 1940 g/mol. The van der Waals surface area contributed by atoms with Crippen molar-refractivity contribution in [1.82, 2.24) is 22.8 Å². The third-order valence-electron chi connectivity index (χ3n) is 18.8. The van der Waals surface area contributed by atoms with Crippen LogP contribution in [0, 0.1) is 60.2 Å². The number of benzene rings is 7. The number of phenols is 1. The quantitative estimate of drug-likeness (QED) is 0.0408. The Labute approximate surface area is 714 Å². The largest absolute Gasteiger partial charge is 0.508 e. The first-order valence-corrected chi connectivity index (χ1v) is 45.5. The van der Waals surface area contributed by atoms with Crippen LogP contribution in [0.25, 0.3) is 65.8 Å². The Hall–Kier alpha value is -9.36. The van der Waals surface area contributed by atoms with Gasteiger partial charge in [0.15, 0.2) is 0 Å². The number of fused-ring (bicyclic) bond motifs is 5. The molecule has 2 saturated carbocycles. The van der Waals surface area contributed by atoms with Gasteiger partial charge in [-0.2, -0.15) is 26.3 Å². The second-order valence-electron chi connectivity index (χ2n) is 26.3. The number of sulfonamides is 2. The first-order valence-electron chi connectivity index (χ1n) is 37.3. The van der Waals surface area contributed by atoms with Crippen molar-refractivity contribution < 1.29 is 40.9 Å². The van der Waals surface area contributed by atoms with E-state index >= 15 is 0 Å². The summed E-state index contributed by atoms with van der Waals surface area (Å²) >= 11 is 14.8. The number of aromatic nitrogens is 5. The van der Waals surface area contributed by atoms with E-state index in [9.17, 15) is 27.2 Å². The number of aryl methyl sites for hydroxylation is 5. The zero-order valence-corrected chi connectivity index (χ0v) is 74.5. The van der Waals surface area contributed by atoms with Crippen LogP contribution in [0.5, 0.6) is 28.7 Å². The van der Waals surface area contributed by atoms with Crippen molar-refractivity contribution in [3.05, 3.63) is 209 Å². The van der Waals surface area contributed by atoms with Gasteiger partial charge in [-0.15, -0.1) is 47.3 Å². The summed E-state index contributed by atoms with van der Waals surface area (Å²) in [4.78, 5) is 0. The number of phenolic OH excluding ortho intramolecular Hbond substituents is 1. The number of alkyl halides is 1. The molecule has 4 aliphatic rings. The molecule has 0 spiro atoms. The Bertz CT molecular complexity index is 5820. The van der Waals surface area contributed by atoms with Gasteiger partial charge >= 0.3 is 3.18 Å². The maximum atomic E-state index is 12.2. The molecular weight excluding hydrogens is 1850 g/mol. The number of ether oxygens (including phenoxy) is 4. The molecule has 1 N–H and O–H groups in total. The Morgan fingerprint density at radius 2 is 0.868 bits per heavy atom. The van der Waals surface area contributed by atoms with E-state index < -0.39 is 20.0 Å². The average Bonchev–Trinajstić information content (AvgIpc) is 1.60. The number of halogens is 5. The summed E-state index contributed by atoms with van der Waals surface area (Å²) in [6.45, 7) is 21.1. The number of hydrogen-bond acceptors (Lipinski definition) is 14. The highest BCUT2D eigenvalue weighted by atomic mass is 127. The molecule has 592 valence electrons. The van der Waals surface area contributed by atoms with Crippen LogP contribution in [0.15, 0.2) is 177 Å². The molecule has 0 unspecified atom stereocenters. The lowest BCUT2D eigenvalue weighted by molar-refractivity contribution is 0.303. The number of nitriles is 5. The number of methoxy groups -OCH3 is 1. The van der Waals surface area contributed by atoms with Gasteiger partial charge in [-0.3, -0.25) is 8.61 Å². The van der Waals surface area contributed by atoms with E-state index in [1.165, 1.54) is 21.3 Å². The predicted octanol–water partition coefficient (Wildman–Crippen LogP) is 21.0. The molecule has 4 fully saturated rings. The van der Waals surface area contributed by atoms with Crippen LogP contribution in [0.1, 0.15) is 114 Å². The second-order valence-corrected chi connectivity index (χ2v) is 38.8. The van der Waals surface area contributed by atoms with Crippen LogP contribution < -0.4 is 27.6 Å². The highest BCUT2D eigenvalue weighted by Gasteiger charge is 2.31. The minimum absolute atomic E-state index is 0.197. The summed E-state index contributed by atoms with van der Waals surface area (Å²) < 4.78 is 84.3. The summed E-state index contributed by atoms with van der Waals surface area (Å²) in [6, 6.07) is 54.6. The second kappa shape index (κ2) is 41.8.